The normalized spacial score (nSPS) is 14.9. The molecule has 0 aliphatic carbocycles. The van der Waals surface area contributed by atoms with Crippen LogP contribution in [0.25, 0.3) is 0 Å². The van der Waals surface area contributed by atoms with Crippen LogP contribution in [0.5, 0.6) is 0 Å². The number of benzene rings is 1. The average molecular weight is 301 g/mol. The minimum Gasteiger partial charge on any atom is -0.393 e. The van der Waals surface area contributed by atoms with Crippen LogP contribution in [0.15, 0.2) is 28.7 Å². The van der Waals surface area contributed by atoms with E-state index in [-0.39, 0.29) is 12.1 Å². The lowest BCUT2D eigenvalue weighted by Crippen LogP contribution is -2.32. The molecule has 1 aromatic rings. The van der Waals surface area contributed by atoms with Gasteiger partial charge in [0.2, 0.25) is 0 Å². The molecule has 0 bridgehead atoms. The molecule has 0 spiro atoms. The molecule has 0 saturated carbocycles. The number of nitrogens with zero attached hydrogens (tertiary/aromatic N) is 1. The lowest BCUT2D eigenvalue weighted by Gasteiger charge is -2.27. The molecule has 2 atom stereocenters. The molecule has 0 aromatic heterocycles. The van der Waals surface area contributed by atoms with Gasteiger partial charge in [-0.05, 0) is 38.1 Å². The van der Waals surface area contributed by atoms with Gasteiger partial charge in [0.25, 0.3) is 0 Å². The Morgan fingerprint density at radius 1 is 1.35 bits per heavy atom. The number of aliphatic hydroxyl groups excluding tert-OH is 1. The van der Waals surface area contributed by atoms with Crippen molar-refractivity contribution in [2.45, 2.75) is 25.5 Å². The van der Waals surface area contributed by atoms with Crippen LogP contribution in [0.3, 0.4) is 0 Å². The van der Waals surface area contributed by atoms with Gasteiger partial charge in [-0.2, -0.15) is 0 Å². The maximum Gasteiger partial charge on any atom is 0.0524 e. The molecule has 0 aliphatic heterocycles. The van der Waals surface area contributed by atoms with E-state index in [1.807, 2.05) is 26.1 Å². The highest BCUT2D eigenvalue weighted by Crippen LogP contribution is 2.20. The fourth-order valence-corrected chi connectivity index (χ4v) is 2.07. The molecule has 17 heavy (non-hydrogen) atoms. The Bertz CT molecular complexity index is 327. The highest BCUT2D eigenvalue weighted by Gasteiger charge is 2.15. The lowest BCUT2D eigenvalue weighted by atomic mass is 10.1. The summed E-state index contributed by atoms with van der Waals surface area (Å²) in [5.74, 6) is 0. The number of nitrogens with two attached hydrogens (primary N) is 1. The second kappa shape index (κ2) is 7.11. The van der Waals surface area contributed by atoms with Gasteiger partial charge < -0.3 is 10.8 Å². The first kappa shape index (κ1) is 14.6. The molecule has 1 rings (SSSR count). The summed E-state index contributed by atoms with van der Waals surface area (Å²) in [5.41, 5.74) is 7.05. The number of hydrogen-bond acceptors (Lipinski definition) is 3. The Kier molecular flexibility index (Phi) is 6.12. The van der Waals surface area contributed by atoms with Crippen molar-refractivity contribution in [2.75, 3.05) is 20.1 Å². The van der Waals surface area contributed by atoms with Crippen LogP contribution in [0.2, 0.25) is 0 Å². The summed E-state index contributed by atoms with van der Waals surface area (Å²) in [7, 11) is 2.04. The van der Waals surface area contributed by atoms with E-state index in [2.05, 4.69) is 33.0 Å². The minimum atomic E-state index is -0.263. The van der Waals surface area contributed by atoms with E-state index in [1.54, 1.807) is 0 Å². The van der Waals surface area contributed by atoms with Crippen molar-refractivity contribution in [3.8, 4) is 0 Å². The van der Waals surface area contributed by atoms with Crippen molar-refractivity contribution in [1.29, 1.82) is 0 Å². The number of hydrogen-bond donors (Lipinski definition) is 2. The SMILES string of the molecule is CC(O)CCN(C)C(CN)c1ccc(Br)cc1. The van der Waals surface area contributed by atoms with Gasteiger partial charge in [-0.25, -0.2) is 0 Å². The van der Waals surface area contributed by atoms with E-state index in [1.165, 1.54) is 5.56 Å². The highest BCUT2D eigenvalue weighted by molar-refractivity contribution is 9.10. The molecule has 0 fully saturated rings. The first-order valence-electron chi connectivity index (χ1n) is 5.88. The summed E-state index contributed by atoms with van der Waals surface area (Å²) in [6, 6.07) is 8.43. The van der Waals surface area contributed by atoms with Gasteiger partial charge in [-0.15, -0.1) is 0 Å². The first-order valence-corrected chi connectivity index (χ1v) is 6.67. The fraction of sp³-hybridized carbons (Fsp3) is 0.538. The van der Waals surface area contributed by atoms with Gasteiger partial charge >= 0.3 is 0 Å². The predicted molar refractivity (Wildman–Crippen MR) is 74.9 cm³/mol. The zero-order valence-electron chi connectivity index (χ0n) is 10.4. The van der Waals surface area contributed by atoms with E-state index in [0.717, 1.165) is 17.4 Å². The maximum absolute atomic E-state index is 9.30. The molecule has 1 aromatic carbocycles. The van der Waals surface area contributed by atoms with Gasteiger partial charge in [0.15, 0.2) is 0 Å². The fourth-order valence-electron chi connectivity index (χ4n) is 1.80. The molecule has 0 radical (unpaired) electrons. The summed E-state index contributed by atoms with van der Waals surface area (Å²) in [4.78, 5) is 2.19. The zero-order valence-corrected chi connectivity index (χ0v) is 12.0. The van der Waals surface area contributed by atoms with Crippen molar-refractivity contribution in [1.82, 2.24) is 4.90 Å². The van der Waals surface area contributed by atoms with E-state index in [9.17, 15) is 5.11 Å². The summed E-state index contributed by atoms with van der Waals surface area (Å²) < 4.78 is 1.07. The van der Waals surface area contributed by atoms with E-state index >= 15 is 0 Å². The monoisotopic (exact) mass is 300 g/mol. The van der Waals surface area contributed by atoms with Crippen LogP contribution in [-0.4, -0.2) is 36.2 Å². The van der Waals surface area contributed by atoms with Crippen molar-refractivity contribution < 1.29 is 5.11 Å². The van der Waals surface area contributed by atoms with Crippen LogP contribution in [0.4, 0.5) is 0 Å². The van der Waals surface area contributed by atoms with Crippen LogP contribution >= 0.6 is 15.9 Å². The molecule has 3 nitrogen and oxygen atoms in total. The maximum atomic E-state index is 9.30. The summed E-state index contributed by atoms with van der Waals surface area (Å²) in [6.45, 7) is 3.23. The third-order valence-electron chi connectivity index (χ3n) is 2.91. The lowest BCUT2D eigenvalue weighted by molar-refractivity contribution is 0.150. The first-order chi connectivity index (χ1) is 8.04. The number of likely N-dealkylation sites (N-methyl/N-ethyl adjacent to an activating group) is 1. The van der Waals surface area contributed by atoms with Gasteiger partial charge in [0, 0.05) is 23.6 Å². The van der Waals surface area contributed by atoms with Crippen LogP contribution in [0.1, 0.15) is 24.9 Å². The molecule has 2 unspecified atom stereocenters. The standard InChI is InChI=1S/C13H21BrN2O/c1-10(17)7-8-16(2)13(9-15)11-3-5-12(14)6-4-11/h3-6,10,13,17H,7-9,15H2,1-2H3. The largest absolute Gasteiger partial charge is 0.393 e. The van der Waals surface area contributed by atoms with Crippen LogP contribution < -0.4 is 5.73 Å². The van der Waals surface area contributed by atoms with E-state index < -0.39 is 0 Å². The summed E-state index contributed by atoms with van der Waals surface area (Å²) in [5, 5.41) is 9.30. The average Bonchev–Trinajstić information content (AvgIpc) is 2.30. The third-order valence-corrected chi connectivity index (χ3v) is 3.44. The molecule has 0 heterocycles. The molecular weight excluding hydrogens is 280 g/mol. The second-order valence-electron chi connectivity index (χ2n) is 4.42. The molecule has 0 amide bonds. The molecule has 0 aliphatic rings. The molecule has 0 saturated heterocycles. The molecule has 3 N–H and O–H groups in total. The summed E-state index contributed by atoms with van der Waals surface area (Å²) in [6.07, 6.45) is 0.504. The Labute approximate surface area is 112 Å². The van der Waals surface area contributed by atoms with Gasteiger partial charge in [-0.1, -0.05) is 28.1 Å². The van der Waals surface area contributed by atoms with Gasteiger partial charge in [-0.3, -0.25) is 4.90 Å². The van der Waals surface area contributed by atoms with Crippen LogP contribution in [0, 0.1) is 0 Å². The van der Waals surface area contributed by atoms with Crippen molar-refractivity contribution in [3.63, 3.8) is 0 Å². The number of halogens is 1. The summed E-state index contributed by atoms with van der Waals surface area (Å²) >= 11 is 3.43. The Hall–Kier alpha value is -0.420. The smallest absolute Gasteiger partial charge is 0.0524 e. The van der Waals surface area contributed by atoms with Gasteiger partial charge in [0.1, 0.15) is 0 Å². The molecular formula is C13H21BrN2O. The molecule has 96 valence electrons. The van der Waals surface area contributed by atoms with Crippen molar-refractivity contribution >= 4 is 15.9 Å². The minimum absolute atomic E-state index is 0.210. The van der Waals surface area contributed by atoms with Crippen molar-refractivity contribution in [2.24, 2.45) is 5.73 Å². The number of rotatable bonds is 6. The molecule has 4 heteroatoms. The van der Waals surface area contributed by atoms with E-state index in [0.29, 0.717) is 6.54 Å². The Morgan fingerprint density at radius 2 is 1.94 bits per heavy atom. The third kappa shape index (κ3) is 4.76. The second-order valence-corrected chi connectivity index (χ2v) is 5.34. The zero-order chi connectivity index (χ0) is 12.8. The van der Waals surface area contributed by atoms with Crippen LogP contribution in [-0.2, 0) is 0 Å². The van der Waals surface area contributed by atoms with E-state index in [4.69, 9.17) is 5.73 Å². The van der Waals surface area contributed by atoms with Crippen molar-refractivity contribution in [3.05, 3.63) is 34.3 Å². The predicted octanol–water partition coefficient (Wildman–Crippen LogP) is 2.15. The Morgan fingerprint density at radius 3 is 2.41 bits per heavy atom. The Balaban J connectivity index is 2.66. The quantitative estimate of drug-likeness (QED) is 0.846. The highest BCUT2D eigenvalue weighted by atomic mass is 79.9. The van der Waals surface area contributed by atoms with Gasteiger partial charge in [0.05, 0.1) is 6.10 Å². The topological polar surface area (TPSA) is 49.5 Å². The number of aliphatic hydroxyl groups is 1.